The van der Waals surface area contributed by atoms with E-state index < -0.39 is 18.1 Å². The van der Waals surface area contributed by atoms with Crippen LogP contribution in [0, 0.1) is 0 Å². The average molecular weight is 267 g/mol. The molecule has 0 heterocycles. The van der Waals surface area contributed by atoms with Gasteiger partial charge in [-0.1, -0.05) is 18.2 Å². The maximum Gasteiger partial charge on any atom is 0.323 e. The number of benzene rings is 1. The predicted octanol–water partition coefficient (Wildman–Crippen LogP) is 1.36. The van der Waals surface area contributed by atoms with Crippen LogP contribution >= 0.6 is 0 Å². The van der Waals surface area contributed by atoms with E-state index in [0.29, 0.717) is 5.75 Å². The Kier molecular flexibility index (Phi) is 6.32. The number of hydrogen-bond acceptors (Lipinski definition) is 5. The Morgan fingerprint density at radius 1 is 1.26 bits per heavy atom. The first-order valence-electron chi connectivity index (χ1n) is 6.21. The van der Waals surface area contributed by atoms with Crippen LogP contribution in [0.25, 0.3) is 0 Å². The molecule has 5 heteroatoms. The number of carbonyl (C=O) groups excluding carboxylic acids is 1. The fourth-order valence-corrected chi connectivity index (χ4v) is 1.48. The van der Waals surface area contributed by atoms with Crippen molar-refractivity contribution in [1.29, 1.82) is 0 Å². The average Bonchev–Trinajstić information content (AvgIpc) is 2.39. The maximum atomic E-state index is 11.5. The minimum Gasteiger partial charge on any atom is -0.487 e. The number of hydrogen-bond donors (Lipinski definition) is 1. The molecule has 0 fully saturated rings. The largest absolute Gasteiger partial charge is 0.487 e. The Morgan fingerprint density at radius 2 is 1.89 bits per heavy atom. The van der Waals surface area contributed by atoms with Gasteiger partial charge in [-0.3, -0.25) is 4.79 Å². The first-order valence-corrected chi connectivity index (χ1v) is 6.21. The van der Waals surface area contributed by atoms with Gasteiger partial charge in [0.1, 0.15) is 17.9 Å². The second-order valence-corrected chi connectivity index (χ2v) is 4.36. The molecule has 1 rings (SSSR count). The summed E-state index contributed by atoms with van der Waals surface area (Å²) in [5.41, 5.74) is 5.48. The highest BCUT2D eigenvalue weighted by Gasteiger charge is 2.24. The number of carbonyl (C=O) groups is 1. The summed E-state index contributed by atoms with van der Waals surface area (Å²) in [7, 11) is 1.54. The molecule has 0 spiro atoms. The second kappa shape index (κ2) is 7.76. The third-order valence-corrected chi connectivity index (χ3v) is 2.56. The summed E-state index contributed by atoms with van der Waals surface area (Å²) < 4.78 is 16.0. The van der Waals surface area contributed by atoms with Crippen LogP contribution in [0.1, 0.15) is 13.8 Å². The highest BCUT2D eigenvalue weighted by Crippen LogP contribution is 2.14. The molecule has 0 bridgehead atoms. The van der Waals surface area contributed by atoms with E-state index in [1.807, 2.05) is 37.3 Å². The Bertz CT molecular complexity index is 380. The van der Waals surface area contributed by atoms with Crippen molar-refractivity contribution in [1.82, 2.24) is 0 Å². The van der Waals surface area contributed by atoms with Crippen LogP contribution in [-0.4, -0.2) is 37.9 Å². The normalized spacial score (nSPS) is 15.4. The van der Waals surface area contributed by atoms with Crippen LogP contribution < -0.4 is 10.5 Å². The van der Waals surface area contributed by atoms with Gasteiger partial charge >= 0.3 is 5.97 Å². The number of methoxy groups -OCH3 is 1. The Balaban J connectivity index is 2.62. The number of nitrogens with two attached hydrogens (primary N) is 1. The van der Waals surface area contributed by atoms with Gasteiger partial charge in [0.2, 0.25) is 0 Å². The molecule has 0 saturated heterocycles. The molecule has 0 saturated carbocycles. The third-order valence-electron chi connectivity index (χ3n) is 2.56. The van der Waals surface area contributed by atoms with Crippen molar-refractivity contribution in [3.63, 3.8) is 0 Å². The number of rotatable bonds is 7. The SMILES string of the molecule is COC[C@@H](OC(=O)[C@H](C)N)[C@H](C)Oc1ccccc1. The quantitative estimate of drug-likeness (QED) is 0.755. The summed E-state index contributed by atoms with van der Waals surface area (Å²) in [6.45, 7) is 3.66. The lowest BCUT2D eigenvalue weighted by Gasteiger charge is -2.25. The highest BCUT2D eigenvalue weighted by atomic mass is 16.6. The van der Waals surface area contributed by atoms with Crippen LogP contribution in [0.4, 0.5) is 0 Å². The van der Waals surface area contributed by atoms with E-state index in [0.717, 1.165) is 0 Å². The molecule has 106 valence electrons. The van der Waals surface area contributed by atoms with Gasteiger partial charge in [0.25, 0.3) is 0 Å². The third kappa shape index (κ3) is 5.28. The van der Waals surface area contributed by atoms with Crippen LogP contribution in [0.2, 0.25) is 0 Å². The van der Waals surface area contributed by atoms with Gasteiger partial charge in [-0.05, 0) is 26.0 Å². The molecule has 1 aromatic carbocycles. The molecule has 19 heavy (non-hydrogen) atoms. The first kappa shape index (κ1) is 15.5. The number of esters is 1. The van der Waals surface area contributed by atoms with E-state index in [1.165, 1.54) is 0 Å². The summed E-state index contributed by atoms with van der Waals surface area (Å²) >= 11 is 0. The standard InChI is InChI=1S/C14H21NO4/c1-10(15)14(16)19-13(9-17-3)11(2)18-12-7-5-4-6-8-12/h4-8,10-11,13H,9,15H2,1-3H3/t10-,11-,13+/m0/s1. The molecular formula is C14H21NO4. The van der Waals surface area contributed by atoms with Crippen molar-refractivity contribution < 1.29 is 19.0 Å². The zero-order valence-electron chi connectivity index (χ0n) is 11.5. The van der Waals surface area contributed by atoms with E-state index in [1.54, 1.807) is 14.0 Å². The van der Waals surface area contributed by atoms with Gasteiger partial charge in [0.15, 0.2) is 6.10 Å². The molecule has 0 radical (unpaired) electrons. The molecule has 0 aliphatic heterocycles. The van der Waals surface area contributed by atoms with Gasteiger partial charge in [-0.15, -0.1) is 0 Å². The van der Waals surface area contributed by atoms with Gasteiger partial charge in [0.05, 0.1) is 6.61 Å². The zero-order valence-corrected chi connectivity index (χ0v) is 11.5. The van der Waals surface area contributed by atoms with Crippen LogP contribution in [0.5, 0.6) is 5.75 Å². The van der Waals surface area contributed by atoms with Crippen molar-refractivity contribution >= 4 is 5.97 Å². The topological polar surface area (TPSA) is 70.8 Å². The molecular weight excluding hydrogens is 246 g/mol. The van der Waals surface area contributed by atoms with Crippen LogP contribution in [0.3, 0.4) is 0 Å². The highest BCUT2D eigenvalue weighted by molar-refractivity contribution is 5.75. The Labute approximate surface area is 113 Å². The summed E-state index contributed by atoms with van der Waals surface area (Å²) in [6.07, 6.45) is -0.825. The van der Waals surface area contributed by atoms with Crippen molar-refractivity contribution in [3.8, 4) is 5.75 Å². The van der Waals surface area contributed by atoms with E-state index in [-0.39, 0.29) is 12.7 Å². The summed E-state index contributed by atoms with van der Waals surface area (Å²) in [5, 5.41) is 0. The Hall–Kier alpha value is -1.59. The fraction of sp³-hybridized carbons (Fsp3) is 0.500. The monoisotopic (exact) mass is 267 g/mol. The molecule has 0 unspecified atom stereocenters. The van der Waals surface area contributed by atoms with Crippen LogP contribution in [-0.2, 0) is 14.3 Å². The van der Waals surface area contributed by atoms with Gasteiger partial charge < -0.3 is 19.9 Å². The molecule has 1 aromatic rings. The first-order chi connectivity index (χ1) is 9.04. The Morgan fingerprint density at radius 3 is 2.42 bits per heavy atom. The molecule has 0 aliphatic rings. The fourth-order valence-electron chi connectivity index (χ4n) is 1.48. The minimum absolute atomic E-state index is 0.256. The van der Waals surface area contributed by atoms with Crippen molar-refractivity contribution in [3.05, 3.63) is 30.3 Å². The van der Waals surface area contributed by atoms with E-state index in [4.69, 9.17) is 19.9 Å². The molecule has 3 atom stereocenters. The van der Waals surface area contributed by atoms with Gasteiger partial charge in [-0.25, -0.2) is 0 Å². The van der Waals surface area contributed by atoms with E-state index in [2.05, 4.69) is 0 Å². The summed E-state index contributed by atoms with van der Waals surface area (Å²) in [6, 6.07) is 8.67. The molecule has 5 nitrogen and oxygen atoms in total. The van der Waals surface area contributed by atoms with Crippen LogP contribution in [0.15, 0.2) is 30.3 Å². The van der Waals surface area contributed by atoms with Gasteiger partial charge in [-0.2, -0.15) is 0 Å². The lowest BCUT2D eigenvalue weighted by molar-refractivity contribution is -0.158. The van der Waals surface area contributed by atoms with Crippen molar-refractivity contribution in [2.75, 3.05) is 13.7 Å². The molecule has 2 N–H and O–H groups in total. The summed E-state index contributed by atoms with van der Waals surface area (Å²) in [4.78, 5) is 11.5. The lowest BCUT2D eigenvalue weighted by Crippen LogP contribution is -2.41. The smallest absolute Gasteiger partial charge is 0.323 e. The lowest BCUT2D eigenvalue weighted by atomic mass is 10.2. The zero-order chi connectivity index (χ0) is 14.3. The van der Waals surface area contributed by atoms with Crippen molar-refractivity contribution in [2.45, 2.75) is 32.1 Å². The maximum absolute atomic E-state index is 11.5. The molecule has 0 amide bonds. The van der Waals surface area contributed by atoms with Crippen molar-refractivity contribution in [2.24, 2.45) is 5.73 Å². The molecule has 0 aromatic heterocycles. The minimum atomic E-state index is -0.664. The number of ether oxygens (including phenoxy) is 3. The van der Waals surface area contributed by atoms with E-state index in [9.17, 15) is 4.79 Å². The van der Waals surface area contributed by atoms with Gasteiger partial charge in [0, 0.05) is 7.11 Å². The second-order valence-electron chi connectivity index (χ2n) is 4.36. The predicted molar refractivity (Wildman–Crippen MR) is 71.9 cm³/mol. The number of para-hydroxylation sites is 1. The van der Waals surface area contributed by atoms with E-state index >= 15 is 0 Å². The molecule has 0 aliphatic carbocycles. The summed E-state index contributed by atoms with van der Waals surface area (Å²) in [5.74, 6) is 0.249.